The van der Waals surface area contributed by atoms with Gasteiger partial charge in [0, 0.05) is 12.3 Å². The van der Waals surface area contributed by atoms with Crippen LogP contribution in [0.15, 0.2) is 12.2 Å². The molecule has 12 heavy (non-hydrogen) atoms. The van der Waals surface area contributed by atoms with Crippen molar-refractivity contribution in [3.63, 3.8) is 0 Å². The van der Waals surface area contributed by atoms with Gasteiger partial charge in [0.05, 0.1) is 0 Å². The van der Waals surface area contributed by atoms with Crippen molar-refractivity contribution in [3.05, 3.63) is 12.2 Å². The van der Waals surface area contributed by atoms with Gasteiger partial charge in [-0.1, -0.05) is 32.4 Å². The molecule has 0 saturated heterocycles. The van der Waals surface area contributed by atoms with Gasteiger partial charge in [-0.15, -0.1) is 0 Å². The van der Waals surface area contributed by atoms with Gasteiger partial charge in [-0.25, -0.2) is 0 Å². The lowest BCUT2D eigenvalue weighted by atomic mass is 10.2. The summed E-state index contributed by atoms with van der Waals surface area (Å²) in [4.78, 5) is 0. The third-order valence-electron chi connectivity index (χ3n) is 1.83. The van der Waals surface area contributed by atoms with E-state index in [9.17, 15) is 0 Å². The third-order valence-corrected chi connectivity index (χ3v) is 3.25. The molecule has 0 fully saturated rings. The molecule has 1 atom stereocenters. The SMILES string of the molecule is C=C(CNC)CSCC(C)CC. The lowest BCUT2D eigenvalue weighted by Crippen LogP contribution is -2.11. The molecule has 0 amide bonds. The maximum Gasteiger partial charge on any atom is 0.0167 e. The van der Waals surface area contributed by atoms with Crippen LogP contribution in [0.2, 0.25) is 0 Å². The largest absolute Gasteiger partial charge is 0.316 e. The van der Waals surface area contributed by atoms with Crippen LogP contribution in [0.3, 0.4) is 0 Å². The Morgan fingerprint density at radius 2 is 2.25 bits per heavy atom. The maximum atomic E-state index is 3.98. The van der Waals surface area contributed by atoms with Crippen molar-refractivity contribution < 1.29 is 0 Å². The number of nitrogens with one attached hydrogen (secondary N) is 1. The van der Waals surface area contributed by atoms with Crippen molar-refractivity contribution in [2.75, 3.05) is 25.1 Å². The van der Waals surface area contributed by atoms with Gasteiger partial charge < -0.3 is 5.32 Å². The van der Waals surface area contributed by atoms with Gasteiger partial charge in [0.1, 0.15) is 0 Å². The molecule has 0 saturated carbocycles. The molecule has 1 N–H and O–H groups in total. The molecule has 0 aromatic rings. The van der Waals surface area contributed by atoms with Gasteiger partial charge >= 0.3 is 0 Å². The summed E-state index contributed by atoms with van der Waals surface area (Å²) in [5, 5.41) is 3.11. The van der Waals surface area contributed by atoms with Gasteiger partial charge in [0.2, 0.25) is 0 Å². The van der Waals surface area contributed by atoms with E-state index in [4.69, 9.17) is 0 Å². The summed E-state index contributed by atoms with van der Waals surface area (Å²) in [7, 11) is 1.96. The minimum absolute atomic E-state index is 0.845. The highest BCUT2D eigenvalue weighted by atomic mass is 32.2. The van der Waals surface area contributed by atoms with Gasteiger partial charge in [-0.3, -0.25) is 0 Å². The first-order valence-electron chi connectivity index (χ1n) is 4.59. The summed E-state index contributed by atoms with van der Waals surface area (Å²) in [6.45, 7) is 9.48. The van der Waals surface area contributed by atoms with Crippen molar-refractivity contribution >= 4 is 11.8 Å². The predicted molar refractivity (Wildman–Crippen MR) is 59.8 cm³/mol. The van der Waals surface area contributed by atoms with Crippen LogP contribution in [0.25, 0.3) is 0 Å². The monoisotopic (exact) mass is 187 g/mol. The van der Waals surface area contributed by atoms with Crippen LogP contribution in [0.5, 0.6) is 0 Å². The molecular weight excluding hydrogens is 166 g/mol. The van der Waals surface area contributed by atoms with Gasteiger partial charge in [-0.2, -0.15) is 11.8 Å². The molecule has 0 rings (SSSR count). The highest BCUT2D eigenvalue weighted by molar-refractivity contribution is 7.99. The molecule has 1 unspecified atom stereocenters. The van der Waals surface area contributed by atoms with E-state index in [1.54, 1.807) is 0 Å². The van der Waals surface area contributed by atoms with Crippen LogP contribution in [-0.2, 0) is 0 Å². The molecule has 0 aliphatic rings. The van der Waals surface area contributed by atoms with E-state index >= 15 is 0 Å². The van der Waals surface area contributed by atoms with Crippen LogP contribution in [-0.4, -0.2) is 25.1 Å². The van der Waals surface area contributed by atoms with E-state index in [0.29, 0.717) is 0 Å². The summed E-state index contributed by atoms with van der Waals surface area (Å²) in [6.07, 6.45) is 1.28. The van der Waals surface area contributed by atoms with Crippen molar-refractivity contribution in [2.24, 2.45) is 5.92 Å². The van der Waals surface area contributed by atoms with Crippen molar-refractivity contribution in [1.82, 2.24) is 5.32 Å². The Bertz CT molecular complexity index is 123. The number of likely N-dealkylation sites (N-methyl/N-ethyl adjacent to an activating group) is 1. The van der Waals surface area contributed by atoms with E-state index in [0.717, 1.165) is 18.2 Å². The van der Waals surface area contributed by atoms with Crippen molar-refractivity contribution in [3.8, 4) is 0 Å². The fourth-order valence-corrected chi connectivity index (χ4v) is 1.97. The summed E-state index contributed by atoms with van der Waals surface area (Å²) in [6, 6.07) is 0. The number of thioether (sulfide) groups is 1. The highest BCUT2D eigenvalue weighted by Crippen LogP contribution is 2.13. The van der Waals surface area contributed by atoms with Crippen LogP contribution < -0.4 is 5.32 Å². The fourth-order valence-electron chi connectivity index (χ4n) is 0.823. The van der Waals surface area contributed by atoms with E-state index in [1.807, 2.05) is 18.8 Å². The zero-order valence-corrected chi connectivity index (χ0v) is 9.34. The van der Waals surface area contributed by atoms with E-state index in [2.05, 4.69) is 25.7 Å². The number of hydrogen-bond donors (Lipinski definition) is 1. The second-order valence-corrected chi connectivity index (χ2v) is 4.34. The van der Waals surface area contributed by atoms with Gasteiger partial charge in [-0.05, 0) is 18.7 Å². The lowest BCUT2D eigenvalue weighted by molar-refractivity contribution is 0.637. The molecule has 0 heterocycles. The van der Waals surface area contributed by atoms with E-state index in [1.165, 1.54) is 17.7 Å². The summed E-state index contributed by atoms with van der Waals surface area (Å²) < 4.78 is 0. The molecule has 2 heteroatoms. The molecule has 72 valence electrons. The van der Waals surface area contributed by atoms with Crippen molar-refractivity contribution in [2.45, 2.75) is 20.3 Å². The Kier molecular flexibility index (Phi) is 7.72. The molecule has 0 aliphatic carbocycles. The molecule has 0 spiro atoms. The zero-order chi connectivity index (χ0) is 9.40. The Balaban J connectivity index is 3.24. The third kappa shape index (κ3) is 6.74. The predicted octanol–water partition coefficient (Wildman–Crippen LogP) is 2.54. The Morgan fingerprint density at radius 1 is 1.58 bits per heavy atom. The van der Waals surface area contributed by atoms with Crippen LogP contribution in [0.1, 0.15) is 20.3 Å². The number of hydrogen-bond acceptors (Lipinski definition) is 2. The highest BCUT2D eigenvalue weighted by Gasteiger charge is 1.99. The fraction of sp³-hybridized carbons (Fsp3) is 0.800. The molecule has 0 radical (unpaired) electrons. The Morgan fingerprint density at radius 3 is 2.75 bits per heavy atom. The Labute approximate surface area is 81.0 Å². The first kappa shape index (κ1) is 12.0. The van der Waals surface area contributed by atoms with Gasteiger partial charge in [0.15, 0.2) is 0 Å². The van der Waals surface area contributed by atoms with E-state index < -0.39 is 0 Å². The Hall–Kier alpha value is 0.0500. The first-order chi connectivity index (χ1) is 5.70. The minimum atomic E-state index is 0.845. The normalized spacial score (nSPS) is 12.9. The minimum Gasteiger partial charge on any atom is -0.316 e. The van der Waals surface area contributed by atoms with Crippen LogP contribution >= 0.6 is 11.8 Å². The van der Waals surface area contributed by atoms with Crippen LogP contribution in [0, 0.1) is 5.92 Å². The smallest absolute Gasteiger partial charge is 0.0167 e. The first-order valence-corrected chi connectivity index (χ1v) is 5.75. The molecule has 0 aliphatic heterocycles. The second-order valence-electron chi connectivity index (χ2n) is 3.31. The summed E-state index contributed by atoms with van der Waals surface area (Å²) in [5.41, 5.74) is 1.30. The van der Waals surface area contributed by atoms with Crippen LogP contribution in [0.4, 0.5) is 0 Å². The molecule has 0 aromatic heterocycles. The summed E-state index contributed by atoms with van der Waals surface area (Å²) in [5.74, 6) is 3.21. The average Bonchev–Trinajstić information content (AvgIpc) is 2.04. The lowest BCUT2D eigenvalue weighted by Gasteiger charge is -2.08. The molecular formula is C10H21NS. The van der Waals surface area contributed by atoms with Crippen molar-refractivity contribution in [1.29, 1.82) is 0 Å². The molecule has 0 aromatic carbocycles. The maximum absolute atomic E-state index is 3.98. The topological polar surface area (TPSA) is 12.0 Å². The second kappa shape index (κ2) is 7.69. The summed E-state index contributed by atoms with van der Waals surface area (Å²) >= 11 is 1.99. The standard InChI is InChI=1S/C10H21NS/c1-5-9(2)7-12-8-10(3)6-11-4/h9,11H,3,5-8H2,1-2,4H3. The quantitative estimate of drug-likeness (QED) is 0.615. The zero-order valence-electron chi connectivity index (χ0n) is 8.52. The molecule has 1 nitrogen and oxygen atoms in total. The molecule has 0 bridgehead atoms. The number of rotatable bonds is 7. The van der Waals surface area contributed by atoms with Gasteiger partial charge in [0.25, 0.3) is 0 Å². The average molecular weight is 187 g/mol. The van der Waals surface area contributed by atoms with E-state index in [-0.39, 0.29) is 0 Å².